The summed E-state index contributed by atoms with van der Waals surface area (Å²) in [6.45, 7) is 5.60. The Hall–Kier alpha value is -1.72. The molecule has 0 saturated carbocycles. The Kier molecular flexibility index (Phi) is 2.74. The van der Waals surface area contributed by atoms with Gasteiger partial charge in [-0.25, -0.2) is 4.79 Å². The zero-order valence-corrected chi connectivity index (χ0v) is 12.4. The molecule has 110 valence electrons. The number of hydrogen-bond acceptors (Lipinski definition) is 3. The van der Waals surface area contributed by atoms with Gasteiger partial charge in [0.05, 0.1) is 11.7 Å². The molecule has 0 aliphatic carbocycles. The third-order valence-corrected chi connectivity index (χ3v) is 4.06. The first-order chi connectivity index (χ1) is 9.28. The van der Waals surface area contributed by atoms with Gasteiger partial charge in [0.2, 0.25) is 0 Å². The molecule has 3 rings (SSSR count). The second kappa shape index (κ2) is 4.14. The number of carbonyl (C=O) groups excluding carboxylic acids is 1. The number of aromatic nitrogens is 2. The van der Waals surface area contributed by atoms with Crippen LogP contribution in [0, 0.1) is 0 Å². The molecule has 20 heavy (non-hydrogen) atoms. The first-order valence-electron chi connectivity index (χ1n) is 7.07. The number of hydrogen-bond donors (Lipinski definition) is 1. The molecule has 6 nitrogen and oxygen atoms in total. The van der Waals surface area contributed by atoms with Crippen molar-refractivity contribution >= 4 is 6.09 Å². The number of H-pyrrole nitrogens is 1. The highest BCUT2D eigenvalue weighted by Crippen LogP contribution is 2.42. The van der Waals surface area contributed by atoms with E-state index >= 15 is 0 Å². The Morgan fingerprint density at radius 2 is 2.05 bits per heavy atom. The largest absolute Gasteiger partial charge is 0.444 e. The standard InChI is InChI=1S/C14H21N3O3/c1-14(2,3)20-13(19)17-8-5-6-10(17)11-9(7-8)12(18)16(4)15-11/h8,10,15H,5-7H2,1-4H3. The van der Waals surface area contributed by atoms with Crippen LogP contribution in [0.25, 0.3) is 0 Å². The predicted molar refractivity (Wildman–Crippen MR) is 73.6 cm³/mol. The van der Waals surface area contributed by atoms with Crippen molar-refractivity contribution in [3.8, 4) is 0 Å². The van der Waals surface area contributed by atoms with Crippen LogP contribution in [0.5, 0.6) is 0 Å². The molecule has 1 saturated heterocycles. The average Bonchev–Trinajstić information content (AvgIpc) is 2.79. The van der Waals surface area contributed by atoms with Gasteiger partial charge in [0.1, 0.15) is 5.60 Å². The van der Waals surface area contributed by atoms with E-state index < -0.39 is 5.60 Å². The second-order valence-corrected chi connectivity index (χ2v) is 6.71. The van der Waals surface area contributed by atoms with Crippen molar-refractivity contribution in [3.63, 3.8) is 0 Å². The number of aryl methyl sites for hydroxylation is 1. The van der Waals surface area contributed by atoms with Crippen molar-refractivity contribution in [2.75, 3.05) is 0 Å². The summed E-state index contributed by atoms with van der Waals surface area (Å²) in [5.41, 5.74) is 1.25. The van der Waals surface area contributed by atoms with Crippen molar-refractivity contribution in [1.82, 2.24) is 14.7 Å². The molecule has 6 heteroatoms. The summed E-state index contributed by atoms with van der Waals surface area (Å²) < 4.78 is 7.00. The summed E-state index contributed by atoms with van der Waals surface area (Å²) in [6.07, 6.45) is 2.16. The maximum absolute atomic E-state index is 12.4. The van der Waals surface area contributed by atoms with Gasteiger partial charge in [-0.15, -0.1) is 0 Å². The quantitative estimate of drug-likeness (QED) is 0.786. The van der Waals surface area contributed by atoms with E-state index in [0.717, 1.165) is 24.1 Å². The zero-order valence-electron chi connectivity index (χ0n) is 12.4. The number of carbonyl (C=O) groups is 1. The number of nitrogens with zero attached hydrogens (tertiary/aromatic N) is 2. The first-order valence-corrected chi connectivity index (χ1v) is 7.07. The molecule has 2 atom stereocenters. The number of fused-ring (bicyclic) bond motifs is 4. The summed E-state index contributed by atoms with van der Waals surface area (Å²) >= 11 is 0. The lowest BCUT2D eigenvalue weighted by Gasteiger charge is -2.35. The van der Waals surface area contributed by atoms with Crippen molar-refractivity contribution < 1.29 is 9.53 Å². The van der Waals surface area contributed by atoms with Crippen LogP contribution < -0.4 is 5.56 Å². The molecular formula is C14H21N3O3. The van der Waals surface area contributed by atoms with Crippen molar-refractivity contribution in [2.45, 2.75) is 57.7 Å². The minimum Gasteiger partial charge on any atom is -0.444 e. The van der Waals surface area contributed by atoms with Crippen LogP contribution in [0.15, 0.2) is 4.79 Å². The lowest BCUT2D eigenvalue weighted by Crippen LogP contribution is -2.45. The third kappa shape index (κ3) is 1.94. The van der Waals surface area contributed by atoms with E-state index in [1.165, 1.54) is 4.68 Å². The molecule has 0 spiro atoms. The maximum Gasteiger partial charge on any atom is 0.411 e. The number of amides is 1. The van der Waals surface area contributed by atoms with E-state index in [4.69, 9.17) is 4.74 Å². The third-order valence-electron chi connectivity index (χ3n) is 4.06. The Morgan fingerprint density at radius 3 is 2.70 bits per heavy atom. The minimum absolute atomic E-state index is 0.0285. The number of aromatic amines is 1. The summed E-state index contributed by atoms with van der Waals surface area (Å²) in [5, 5.41) is 3.09. The molecule has 3 heterocycles. The number of rotatable bonds is 0. The van der Waals surface area contributed by atoms with E-state index in [-0.39, 0.29) is 23.7 Å². The SMILES string of the molecule is Cn1[nH]c2c(c1=O)CC1CCC2N1C(=O)OC(C)(C)C. The Bertz CT molecular complexity index is 608. The molecule has 2 aliphatic rings. The van der Waals surface area contributed by atoms with Crippen LogP contribution >= 0.6 is 0 Å². The van der Waals surface area contributed by atoms with E-state index in [9.17, 15) is 9.59 Å². The molecule has 2 unspecified atom stereocenters. The first kappa shape index (κ1) is 13.3. The van der Waals surface area contributed by atoms with Crippen molar-refractivity contribution in [3.05, 3.63) is 21.6 Å². The Labute approximate surface area is 117 Å². The van der Waals surface area contributed by atoms with Gasteiger partial charge in [0, 0.05) is 25.1 Å². The molecule has 1 aromatic rings. The van der Waals surface area contributed by atoms with Crippen LogP contribution in [0.3, 0.4) is 0 Å². The van der Waals surface area contributed by atoms with Gasteiger partial charge in [-0.2, -0.15) is 0 Å². The summed E-state index contributed by atoms with van der Waals surface area (Å²) in [6, 6.07) is 0.0401. The Morgan fingerprint density at radius 1 is 1.35 bits per heavy atom. The van der Waals surface area contributed by atoms with Crippen molar-refractivity contribution in [1.29, 1.82) is 0 Å². The van der Waals surface area contributed by atoms with E-state index in [1.807, 2.05) is 25.7 Å². The zero-order chi connectivity index (χ0) is 14.7. The summed E-state index contributed by atoms with van der Waals surface area (Å²) in [4.78, 5) is 26.2. The number of ether oxygens (including phenoxy) is 1. The van der Waals surface area contributed by atoms with Gasteiger partial charge in [0.15, 0.2) is 0 Å². The molecule has 2 bridgehead atoms. The molecular weight excluding hydrogens is 258 g/mol. The van der Waals surface area contributed by atoms with E-state index in [0.29, 0.717) is 6.42 Å². The minimum atomic E-state index is -0.499. The smallest absolute Gasteiger partial charge is 0.411 e. The fourth-order valence-electron chi connectivity index (χ4n) is 3.28. The molecule has 1 fully saturated rings. The topological polar surface area (TPSA) is 67.3 Å². The van der Waals surface area contributed by atoms with Gasteiger partial charge in [-0.3, -0.25) is 19.5 Å². The maximum atomic E-state index is 12.4. The normalized spacial score (nSPS) is 24.7. The fraction of sp³-hybridized carbons (Fsp3) is 0.714. The lowest BCUT2D eigenvalue weighted by molar-refractivity contribution is 0.0120. The predicted octanol–water partition coefficient (Wildman–Crippen LogP) is 1.71. The molecule has 1 aromatic heterocycles. The van der Waals surface area contributed by atoms with Crippen LogP contribution in [0.4, 0.5) is 4.79 Å². The molecule has 1 amide bonds. The van der Waals surface area contributed by atoms with Gasteiger partial charge >= 0.3 is 6.09 Å². The second-order valence-electron chi connectivity index (χ2n) is 6.71. The van der Waals surface area contributed by atoms with Gasteiger partial charge < -0.3 is 4.74 Å². The average molecular weight is 279 g/mol. The van der Waals surface area contributed by atoms with Gasteiger partial charge in [-0.05, 0) is 33.6 Å². The number of nitrogens with one attached hydrogen (secondary N) is 1. The van der Waals surface area contributed by atoms with E-state index in [2.05, 4.69) is 5.10 Å². The van der Waals surface area contributed by atoms with Crippen LogP contribution in [0.2, 0.25) is 0 Å². The highest BCUT2D eigenvalue weighted by Gasteiger charge is 2.46. The molecule has 1 N–H and O–H groups in total. The Balaban J connectivity index is 1.93. The van der Waals surface area contributed by atoms with Gasteiger partial charge in [0.25, 0.3) is 5.56 Å². The summed E-state index contributed by atoms with van der Waals surface area (Å²) in [7, 11) is 1.71. The molecule has 0 aromatic carbocycles. The van der Waals surface area contributed by atoms with Gasteiger partial charge in [-0.1, -0.05) is 0 Å². The molecule has 0 radical (unpaired) electrons. The monoisotopic (exact) mass is 279 g/mol. The van der Waals surface area contributed by atoms with Crippen LogP contribution in [0.1, 0.15) is 50.9 Å². The van der Waals surface area contributed by atoms with E-state index in [1.54, 1.807) is 7.05 Å². The highest BCUT2D eigenvalue weighted by molar-refractivity contribution is 5.70. The molecule has 2 aliphatic heterocycles. The lowest BCUT2D eigenvalue weighted by atomic mass is 10.0. The fourth-order valence-corrected chi connectivity index (χ4v) is 3.28. The summed E-state index contributed by atoms with van der Waals surface area (Å²) in [5.74, 6) is 0. The van der Waals surface area contributed by atoms with Crippen LogP contribution in [-0.4, -0.2) is 32.4 Å². The van der Waals surface area contributed by atoms with Crippen molar-refractivity contribution in [2.24, 2.45) is 7.05 Å². The van der Waals surface area contributed by atoms with Crippen LogP contribution in [-0.2, 0) is 18.2 Å². The highest BCUT2D eigenvalue weighted by atomic mass is 16.6.